The zero-order chi connectivity index (χ0) is 14.5. The average Bonchev–Trinajstić information content (AvgIpc) is 2.46. The summed E-state index contributed by atoms with van der Waals surface area (Å²) in [6.45, 7) is 13.5. The van der Waals surface area contributed by atoms with Gasteiger partial charge in [-0.3, -0.25) is 4.90 Å². The lowest BCUT2D eigenvalue weighted by atomic mass is 9.85. The minimum atomic E-state index is 0.366. The maximum absolute atomic E-state index is 6.00. The van der Waals surface area contributed by atoms with Crippen LogP contribution in [0.25, 0.3) is 0 Å². The van der Waals surface area contributed by atoms with Gasteiger partial charge in [0, 0.05) is 30.6 Å². The van der Waals surface area contributed by atoms with Crippen LogP contribution in [0, 0.1) is 5.92 Å². The molecule has 1 heterocycles. The highest BCUT2D eigenvalue weighted by molar-refractivity contribution is 6.30. The van der Waals surface area contributed by atoms with E-state index in [1.54, 1.807) is 0 Å². The number of morpholine rings is 1. The average molecular weight is 294 g/mol. The molecule has 0 spiro atoms. The first-order valence-corrected chi connectivity index (χ1v) is 7.70. The molecule has 0 saturated carbocycles. The van der Waals surface area contributed by atoms with E-state index in [1.807, 2.05) is 12.1 Å². The van der Waals surface area contributed by atoms with Gasteiger partial charge in [0.2, 0.25) is 0 Å². The van der Waals surface area contributed by atoms with E-state index >= 15 is 0 Å². The summed E-state index contributed by atoms with van der Waals surface area (Å²) in [7, 11) is 0. The Balaban J connectivity index is 2.15. The van der Waals surface area contributed by atoms with E-state index in [2.05, 4.69) is 37.5 Å². The molecule has 1 atom stereocenters. The zero-order valence-corrected chi connectivity index (χ0v) is 13.2. The first-order chi connectivity index (χ1) is 9.58. The third-order valence-electron chi connectivity index (χ3n) is 4.01. The first kappa shape index (κ1) is 15.6. The lowest BCUT2D eigenvalue weighted by molar-refractivity contribution is 0.0361. The van der Waals surface area contributed by atoms with Crippen LogP contribution >= 0.6 is 11.6 Å². The molecule has 1 aromatic carbocycles. The fraction of sp³-hybridized carbons (Fsp3) is 0.529. The van der Waals surface area contributed by atoms with Gasteiger partial charge in [-0.2, -0.15) is 0 Å². The molecule has 0 aliphatic carbocycles. The Morgan fingerprint density at radius 3 is 2.40 bits per heavy atom. The Morgan fingerprint density at radius 1 is 1.25 bits per heavy atom. The molecule has 110 valence electrons. The van der Waals surface area contributed by atoms with Crippen molar-refractivity contribution in [3.63, 3.8) is 0 Å². The van der Waals surface area contributed by atoms with Crippen LogP contribution < -0.4 is 0 Å². The molecule has 0 bridgehead atoms. The van der Waals surface area contributed by atoms with Crippen molar-refractivity contribution in [1.82, 2.24) is 4.90 Å². The molecule has 1 aliphatic rings. The number of hydrogen-bond donors (Lipinski definition) is 0. The third-order valence-corrected chi connectivity index (χ3v) is 4.26. The van der Waals surface area contributed by atoms with Crippen LogP contribution in [-0.2, 0) is 4.74 Å². The fourth-order valence-electron chi connectivity index (χ4n) is 2.58. The van der Waals surface area contributed by atoms with E-state index in [1.165, 1.54) is 11.1 Å². The maximum atomic E-state index is 6.00. The van der Waals surface area contributed by atoms with Crippen molar-refractivity contribution in [2.75, 3.05) is 32.8 Å². The van der Waals surface area contributed by atoms with Crippen molar-refractivity contribution in [2.45, 2.75) is 19.8 Å². The van der Waals surface area contributed by atoms with E-state index < -0.39 is 0 Å². The lowest BCUT2D eigenvalue weighted by Gasteiger charge is -2.32. The minimum absolute atomic E-state index is 0.366. The van der Waals surface area contributed by atoms with Gasteiger partial charge in [-0.1, -0.05) is 49.7 Å². The summed E-state index contributed by atoms with van der Waals surface area (Å²) in [5, 5.41) is 0.786. The topological polar surface area (TPSA) is 12.5 Å². The SMILES string of the molecule is C=C(C(C)C)[C@@H](CN1CCOCC1)c1ccc(Cl)cc1. The number of benzene rings is 1. The standard InChI is InChI=1S/C17H24ClNO/c1-13(2)14(3)17(12-19-8-10-20-11-9-19)15-4-6-16(18)7-5-15/h4-7,13,17H,3,8-12H2,1-2H3/t17-/m1/s1. The molecule has 3 heteroatoms. The van der Waals surface area contributed by atoms with Crippen LogP contribution in [0.5, 0.6) is 0 Å². The molecule has 0 unspecified atom stereocenters. The van der Waals surface area contributed by atoms with Gasteiger partial charge in [-0.15, -0.1) is 0 Å². The summed E-state index contributed by atoms with van der Waals surface area (Å²) in [5.41, 5.74) is 2.60. The van der Waals surface area contributed by atoms with E-state index in [9.17, 15) is 0 Å². The van der Waals surface area contributed by atoms with Gasteiger partial charge in [0.15, 0.2) is 0 Å². The molecule has 2 nitrogen and oxygen atoms in total. The maximum Gasteiger partial charge on any atom is 0.0594 e. The van der Waals surface area contributed by atoms with Crippen LogP contribution in [-0.4, -0.2) is 37.7 Å². The summed E-state index contributed by atoms with van der Waals surface area (Å²) in [5.74, 6) is 0.849. The molecule has 1 aliphatic heterocycles. The predicted octanol–water partition coefficient (Wildman–Crippen LogP) is 3.97. The molecule has 0 radical (unpaired) electrons. The number of rotatable bonds is 5. The highest BCUT2D eigenvalue weighted by Gasteiger charge is 2.22. The van der Waals surface area contributed by atoms with Crippen molar-refractivity contribution in [3.05, 3.63) is 47.0 Å². The van der Waals surface area contributed by atoms with Crippen molar-refractivity contribution in [3.8, 4) is 0 Å². The molecule has 0 N–H and O–H groups in total. The van der Waals surface area contributed by atoms with E-state index in [4.69, 9.17) is 16.3 Å². The van der Waals surface area contributed by atoms with Crippen LogP contribution in [0.15, 0.2) is 36.4 Å². The van der Waals surface area contributed by atoms with Gasteiger partial charge in [-0.05, 0) is 23.6 Å². The van der Waals surface area contributed by atoms with Gasteiger partial charge >= 0.3 is 0 Å². The molecule has 2 rings (SSSR count). The van der Waals surface area contributed by atoms with Crippen molar-refractivity contribution in [1.29, 1.82) is 0 Å². The molecule has 1 fully saturated rings. The van der Waals surface area contributed by atoms with Crippen LogP contribution in [0.2, 0.25) is 5.02 Å². The van der Waals surface area contributed by atoms with Gasteiger partial charge in [0.1, 0.15) is 0 Å². The van der Waals surface area contributed by atoms with Crippen LogP contribution in [0.4, 0.5) is 0 Å². The van der Waals surface area contributed by atoms with E-state index in [0.29, 0.717) is 11.8 Å². The quantitative estimate of drug-likeness (QED) is 0.762. The third kappa shape index (κ3) is 4.08. The Labute approximate surface area is 127 Å². The first-order valence-electron chi connectivity index (χ1n) is 7.32. The van der Waals surface area contributed by atoms with Crippen molar-refractivity contribution in [2.24, 2.45) is 5.92 Å². The summed E-state index contributed by atoms with van der Waals surface area (Å²) >= 11 is 6.00. The van der Waals surface area contributed by atoms with Crippen molar-refractivity contribution >= 4 is 11.6 Å². The normalized spacial score (nSPS) is 18.2. The Bertz CT molecular complexity index is 435. The second-order valence-corrected chi connectivity index (χ2v) is 6.18. The summed E-state index contributed by atoms with van der Waals surface area (Å²) in [6, 6.07) is 8.19. The molecule has 1 aromatic rings. The number of hydrogen-bond acceptors (Lipinski definition) is 2. The Kier molecular flexibility index (Phi) is 5.64. The minimum Gasteiger partial charge on any atom is -0.379 e. The largest absolute Gasteiger partial charge is 0.379 e. The Morgan fingerprint density at radius 2 is 1.85 bits per heavy atom. The number of halogens is 1. The van der Waals surface area contributed by atoms with Gasteiger partial charge in [0.25, 0.3) is 0 Å². The highest BCUT2D eigenvalue weighted by Crippen LogP contribution is 2.30. The van der Waals surface area contributed by atoms with Gasteiger partial charge < -0.3 is 4.74 Å². The van der Waals surface area contributed by atoms with Crippen LogP contribution in [0.1, 0.15) is 25.3 Å². The van der Waals surface area contributed by atoms with Gasteiger partial charge in [0.05, 0.1) is 13.2 Å². The smallest absolute Gasteiger partial charge is 0.0594 e. The molecule has 20 heavy (non-hydrogen) atoms. The second-order valence-electron chi connectivity index (χ2n) is 5.75. The lowest BCUT2D eigenvalue weighted by Crippen LogP contribution is -2.39. The molecular weight excluding hydrogens is 270 g/mol. The zero-order valence-electron chi connectivity index (χ0n) is 12.4. The molecule has 0 aromatic heterocycles. The van der Waals surface area contributed by atoms with Crippen LogP contribution in [0.3, 0.4) is 0 Å². The molecule has 1 saturated heterocycles. The number of nitrogens with zero attached hydrogens (tertiary/aromatic N) is 1. The highest BCUT2D eigenvalue weighted by atomic mass is 35.5. The fourth-order valence-corrected chi connectivity index (χ4v) is 2.70. The number of ether oxygens (including phenoxy) is 1. The Hall–Kier alpha value is -0.830. The van der Waals surface area contributed by atoms with E-state index in [0.717, 1.165) is 37.9 Å². The van der Waals surface area contributed by atoms with Gasteiger partial charge in [-0.25, -0.2) is 0 Å². The van der Waals surface area contributed by atoms with E-state index in [-0.39, 0.29) is 0 Å². The summed E-state index contributed by atoms with van der Waals surface area (Å²) in [4.78, 5) is 2.47. The summed E-state index contributed by atoms with van der Waals surface area (Å²) < 4.78 is 5.43. The van der Waals surface area contributed by atoms with Crippen molar-refractivity contribution < 1.29 is 4.74 Å². The monoisotopic (exact) mass is 293 g/mol. The molecular formula is C17H24ClNO. The molecule has 0 amide bonds. The second kappa shape index (κ2) is 7.26. The summed E-state index contributed by atoms with van der Waals surface area (Å²) in [6.07, 6.45) is 0. The predicted molar refractivity (Wildman–Crippen MR) is 85.4 cm³/mol.